The first-order valence-corrected chi connectivity index (χ1v) is 8.82. The van der Waals surface area contributed by atoms with E-state index in [4.69, 9.17) is 4.74 Å². The SMILES string of the molecule is O=C1NCc2cc([C@H]3CN(Cc4cc(F)cc(C(F)F)c4)CCO3)ccc21. The van der Waals surface area contributed by atoms with Gasteiger partial charge in [-0.05, 0) is 41.0 Å². The standard InChI is InChI=1S/C20H19F3N2O2/c21-16-6-12(5-14(8-16)19(22)23)10-25-3-4-27-18(11-25)13-1-2-17-15(7-13)9-24-20(17)26/h1-2,5-8,18-19H,3-4,9-11H2,(H,24,26)/t18-/m1/s1. The van der Waals surface area contributed by atoms with Gasteiger partial charge in [0.05, 0.1) is 12.7 Å². The summed E-state index contributed by atoms with van der Waals surface area (Å²) in [6, 6.07) is 9.17. The zero-order chi connectivity index (χ0) is 19.0. The van der Waals surface area contributed by atoms with Gasteiger partial charge in [0.25, 0.3) is 12.3 Å². The van der Waals surface area contributed by atoms with E-state index in [0.29, 0.717) is 43.9 Å². The van der Waals surface area contributed by atoms with Gasteiger partial charge >= 0.3 is 0 Å². The maximum atomic E-state index is 13.6. The molecule has 2 aromatic carbocycles. The maximum absolute atomic E-state index is 13.6. The Morgan fingerprint density at radius 2 is 2.07 bits per heavy atom. The Balaban J connectivity index is 1.48. The van der Waals surface area contributed by atoms with Gasteiger partial charge < -0.3 is 10.1 Å². The van der Waals surface area contributed by atoms with E-state index < -0.39 is 12.2 Å². The molecule has 0 bridgehead atoms. The minimum atomic E-state index is -2.69. The van der Waals surface area contributed by atoms with Crippen LogP contribution in [0.3, 0.4) is 0 Å². The van der Waals surface area contributed by atoms with E-state index >= 15 is 0 Å². The van der Waals surface area contributed by atoms with E-state index in [9.17, 15) is 18.0 Å². The van der Waals surface area contributed by atoms with Crippen molar-refractivity contribution in [3.8, 4) is 0 Å². The lowest BCUT2D eigenvalue weighted by Crippen LogP contribution is -2.37. The van der Waals surface area contributed by atoms with Crippen molar-refractivity contribution in [3.05, 3.63) is 70.0 Å². The smallest absolute Gasteiger partial charge is 0.263 e. The van der Waals surface area contributed by atoms with Crippen LogP contribution in [0.15, 0.2) is 36.4 Å². The third-order valence-electron chi connectivity index (χ3n) is 4.97. The maximum Gasteiger partial charge on any atom is 0.263 e. The fourth-order valence-electron chi connectivity index (χ4n) is 3.65. The lowest BCUT2D eigenvalue weighted by atomic mass is 10.0. The number of fused-ring (bicyclic) bond motifs is 1. The van der Waals surface area contributed by atoms with E-state index in [2.05, 4.69) is 10.2 Å². The van der Waals surface area contributed by atoms with Crippen molar-refractivity contribution in [2.45, 2.75) is 25.6 Å². The number of amides is 1. The molecule has 1 N–H and O–H groups in total. The molecule has 142 valence electrons. The highest BCUT2D eigenvalue weighted by atomic mass is 19.3. The molecular formula is C20H19F3N2O2. The van der Waals surface area contributed by atoms with Crippen molar-refractivity contribution in [1.82, 2.24) is 10.2 Å². The Bertz CT molecular complexity index is 872. The van der Waals surface area contributed by atoms with Crippen LogP contribution in [0, 0.1) is 5.82 Å². The molecule has 2 aliphatic heterocycles. The number of ether oxygens (including phenoxy) is 1. The van der Waals surface area contributed by atoms with Crippen LogP contribution in [0.25, 0.3) is 0 Å². The summed E-state index contributed by atoms with van der Waals surface area (Å²) < 4.78 is 45.3. The lowest BCUT2D eigenvalue weighted by Gasteiger charge is -2.33. The number of hydrogen-bond donors (Lipinski definition) is 1. The molecule has 1 atom stereocenters. The van der Waals surface area contributed by atoms with Crippen LogP contribution in [0.5, 0.6) is 0 Å². The predicted octanol–water partition coefficient (Wildman–Crippen LogP) is 3.58. The molecule has 0 radical (unpaired) electrons. The van der Waals surface area contributed by atoms with Crippen LogP contribution in [0.1, 0.15) is 45.1 Å². The Kier molecular flexibility index (Phi) is 4.88. The third-order valence-corrected chi connectivity index (χ3v) is 4.97. The normalized spacial score (nSPS) is 20.0. The van der Waals surface area contributed by atoms with E-state index in [-0.39, 0.29) is 17.6 Å². The van der Waals surface area contributed by atoms with E-state index in [1.165, 1.54) is 12.1 Å². The number of rotatable bonds is 4. The lowest BCUT2D eigenvalue weighted by molar-refractivity contribution is -0.0330. The number of carbonyl (C=O) groups is 1. The number of halogens is 3. The fourth-order valence-corrected chi connectivity index (χ4v) is 3.65. The van der Waals surface area contributed by atoms with Gasteiger partial charge in [-0.15, -0.1) is 0 Å². The van der Waals surface area contributed by atoms with Crippen LogP contribution < -0.4 is 5.32 Å². The molecular weight excluding hydrogens is 357 g/mol. The number of nitrogens with one attached hydrogen (secondary N) is 1. The molecule has 1 amide bonds. The van der Waals surface area contributed by atoms with Gasteiger partial charge in [0.15, 0.2) is 0 Å². The molecule has 4 rings (SSSR count). The Hall–Kier alpha value is -2.38. The van der Waals surface area contributed by atoms with Gasteiger partial charge in [-0.2, -0.15) is 0 Å². The van der Waals surface area contributed by atoms with Crippen molar-refractivity contribution >= 4 is 5.91 Å². The van der Waals surface area contributed by atoms with Gasteiger partial charge in [0.2, 0.25) is 0 Å². The van der Waals surface area contributed by atoms with Gasteiger partial charge in [0, 0.05) is 37.3 Å². The highest BCUT2D eigenvalue weighted by molar-refractivity contribution is 5.98. The summed E-state index contributed by atoms with van der Waals surface area (Å²) in [4.78, 5) is 13.7. The van der Waals surface area contributed by atoms with Crippen LogP contribution in [0.2, 0.25) is 0 Å². The van der Waals surface area contributed by atoms with Gasteiger partial charge in [-0.3, -0.25) is 9.69 Å². The number of carbonyl (C=O) groups excluding carboxylic acids is 1. The number of morpholine rings is 1. The molecule has 7 heteroatoms. The van der Waals surface area contributed by atoms with Crippen LogP contribution in [0.4, 0.5) is 13.2 Å². The molecule has 27 heavy (non-hydrogen) atoms. The number of benzene rings is 2. The fraction of sp³-hybridized carbons (Fsp3) is 0.350. The van der Waals surface area contributed by atoms with Crippen molar-refractivity contribution in [1.29, 1.82) is 0 Å². The predicted molar refractivity (Wildman–Crippen MR) is 92.9 cm³/mol. The molecule has 0 saturated carbocycles. The Morgan fingerprint density at radius 1 is 1.22 bits per heavy atom. The van der Waals surface area contributed by atoms with E-state index in [0.717, 1.165) is 17.2 Å². The summed E-state index contributed by atoms with van der Waals surface area (Å²) in [7, 11) is 0. The molecule has 0 unspecified atom stereocenters. The first-order valence-electron chi connectivity index (χ1n) is 8.82. The number of hydrogen-bond acceptors (Lipinski definition) is 3. The summed E-state index contributed by atoms with van der Waals surface area (Å²) >= 11 is 0. The van der Waals surface area contributed by atoms with Crippen molar-refractivity contribution in [2.75, 3.05) is 19.7 Å². The summed E-state index contributed by atoms with van der Waals surface area (Å²) in [5.41, 5.74) is 2.83. The zero-order valence-corrected chi connectivity index (χ0v) is 14.6. The molecule has 2 aliphatic rings. The second-order valence-corrected chi connectivity index (χ2v) is 6.89. The molecule has 2 aromatic rings. The monoisotopic (exact) mass is 376 g/mol. The molecule has 1 saturated heterocycles. The second kappa shape index (κ2) is 7.32. The largest absolute Gasteiger partial charge is 0.371 e. The van der Waals surface area contributed by atoms with E-state index in [1.807, 2.05) is 12.1 Å². The van der Waals surface area contributed by atoms with Gasteiger partial charge in [-0.1, -0.05) is 12.1 Å². The summed E-state index contributed by atoms with van der Waals surface area (Å²) in [6.45, 7) is 2.60. The zero-order valence-electron chi connectivity index (χ0n) is 14.6. The summed E-state index contributed by atoms with van der Waals surface area (Å²) in [5, 5.41) is 2.79. The minimum Gasteiger partial charge on any atom is -0.371 e. The highest BCUT2D eigenvalue weighted by Crippen LogP contribution is 2.28. The molecule has 0 spiro atoms. The van der Waals surface area contributed by atoms with Gasteiger partial charge in [-0.25, -0.2) is 13.2 Å². The second-order valence-electron chi connectivity index (χ2n) is 6.89. The molecule has 0 aliphatic carbocycles. The van der Waals surface area contributed by atoms with Gasteiger partial charge in [0.1, 0.15) is 5.82 Å². The van der Waals surface area contributed by atoms with Crippen LogP contribution in [-0.2, 0) is 17.8 Å². The Labute approximate surface area is 154 Å². The van der Waals surface area contributed by atoms with Crippen LogP contribution >= 0.6 is 0 Å². The van der Waals surface area contributed by atoms with Crippen molar-refractivity contribution in [2.24, 2.45) is 0 Å². The average Bonchev–Trinajstić information content (AvgIpc) is 3.02. The summed E-state index contributed by atoms with van der Waals surface area (Å²) in [6.07, 6.45) is -2.87. The quantitative estimate of drug-likeness (QED) is 0.887. The molecule has 2 heterocycles. The average molecular weight is 376 g/mol. The summed E-state index contributed by atoms with van der Waals surface area (Å²) in [5.74, 6) is -0.716. The van der Waals surface area contributed by atoms with E-state index in [1.54, 1.807) is 6.07 Å². The Morgan fingerprint density at radius 3 is 2.89 bits per heavy atom. The number of alkyl halides is 2. The number of nitrogens with zero attached hydrogens (tertiary/aromatic N) is 1. The molecule has 1 fully saturated rings. The first-order chi connectivity index (χ1) is 13.0. The molecule has 0 aromatic heterocycles. The first kappa shape index (κ1) is 18.0. The van der Waals surface area contributed by atoms with Crippen molar-refractivity contribution in [3.63, 3.8) is 0 Å². The highest BCUT2D eigenvalue weighted by Gasteiger charge is 2.25. The molecule has 4 nitrogen and oxygen atoms in total. The van der Waals surface area contributed by atoms with Crippen molar-refractivity contribution < 1.29 is 22.7 Å². The third kappa shape index (κ3) is 3.84. The minimum absolute atomic E-state index is 0.0660. The topological polar surface area (TPSA) is 41.6 Å². The van der Waals surface area contributed by atoms with Crippen LogP contribution in [-0.4, -0.2) is 30.5 Å².